The Morgan fingerprint density at radius 1 is 1.28 bits per heavy atom. The molecule has 0 atom stereocenters. The van der Waals surface area contributed by atoms with E-state index in [-0.39, 0.29) is 5.54 Å². The summed E-state index contributed by atoms with van der Waals surface area (Å²) in [5.74, 6) is 1.68. The molecule has 4 heteroatoms. The molecule has 0 radical (unpaired) electrons. The van der Waals surface area contributed by atoms with Crippen LogP contribution in [0.25, 0.3) is 0 Å². The quantitative estimate of drug-likeness (QED) is 0.833. The molecule has 0 aliphatic heterocycles. The highest BCUT2D eigenvalue weighted by Crippen LogP contribution is 2.33. The van der Waals surface area contributed by atoms with Crippen LogP contribution in [0.4, 0.5) is 0 Å². The summed E-state index contributed by atoms with van der Waals surface area (Å²) in [6.07, 6.45) is 2.27. The minimum Gasteiger partial charge on any atom is -0.497 e. The van der Waals surface area contributed by atoms with Gasteiger partial charge in [-0.25, -0.2) is 0 Å². The van der Waals surface area contributed by atoms with Gasteiger partial charge in [0.15, 0.2) is 0 Å². The predicted octanol–water partition coefficient (Wildman–Crippen LogP) is 1.63. The first-order valence-corrected chi connectivity index (χ1v) is 6.25. The molecule has 1 saturated carbocycles. The van der Waals surface area contributed by atoms with E-state index in [2.05, 4.69) is 11.9 Å². The molecule has 0 heterocycles. The third-order valence-corrected chi connectivity index (χ3v) is 3.41. The predicted molar refractivity (Wildman–Crippen MR) is 72.0 cm³/mol. The first-order chi connectivity index (χ1) is 8.56. The lowest BCUT2D eigenvalue weighted by atomic mass is 10.1. The maximum absolute atomic E-state index is 6.12. The van der Waals surface area contributed by atoms with Crippen molar-refractivity contribution in [3.8, 4) is 11.5 Å². The van der Waals surface area contributed by atoms with E-state index in [0.29, 0.717) is 0 Å². The molecule has 2 N–H and O–H groups in total. The molecule has 18 heavy (non-hydrogen) atoms. The molecule has 2 rings (SSSR count). The van der Waals surface area contributed by atoms with E-state index in [1.807, 2.05) is 18.2 Å². The fourth-order valence-electron chi connectivity index (χ4n) is 2.19. The Balaban J connectivity index is 2.03. The Hall–Kier alpha value is -1.26. The van der Waals surface area contributed by atoms with Gasteiger partial charge in [-0.1, -0.05) is 6.07 Å². The van der Waals surface area contributed by atoms with Crippen molar-refractivity contribution >= 4 is 0 Å². The number of methoxy groups -OCH3 is 2. The molecule has 4 nitrogen and oxygen atoms in total. The third kappa shape index (κ3) is 3.15. The van der Waals surface area contributed by atoms with Crippen LogP contribution >= 0.6 is 0 Å². The van der Waals surface area contributed by atoms with Crippen LogP contribution in [-0.2, 0) is 6.54 Å². The van der Waals surface area contributed by atoms with Crippen LogP contribution in [-0.4, -0.2) is 38.3 Å². The van der Waals surface area contributed by atoms with E-state index in [0.717, 1.165) is 43.0 Å². The van der Waals surface area contributed by atoms with Crippen molar-refractivity contribution in [3.63, 3.8) is 0 Å². The van der Waals surface area contributed by atoms with Crippen molar-refractivity contribution < 1.29 is 9.47 Å². The second kappa shape index (κ2) is 5.16. The van der Waals surface area contributed by atoms with Crippen LogP contribution in [0.2, 0.25) is 0 Å². The number of likely N-dealkylation sites (N-methyl/N-ethyl adjacent to an activating group) is 1. The smallest absolute Gasteiger partial charge is 0.127 e. The number of hydrogen-bond donors (Lipinski definition) is 1. The lowest BCUT2D eigenvalue weighted by molar-refractivity contribution is 0.289. The standard InChI is InChI=1S/C14H22N2O2/c1-16(10-14(15)6-7-14)9-11-4-5-12(17-2)8-13(11)18-3/h4-5,8H,6-7,9-10,15H2,1-3H3. The van der Waals surface area contributed by atoms with Crippen molar-refractivity contribution in [1.82, 2.24) is 4.90 Å². The number of nitrogens with two attached hydrogens (primary N) is 1. The molecule has 1 fully saturated rings. The molecule has 0 bridgehead atoms. The molecule has 1 aliphatic carbocycles. The van der Waals surface area contributed by atoms with Gasteiger partial charge in [0.05, 0.1) is 14.2 Å². The van der Waals surface area contributed by atoms with Crippen LogP contribution in [0, 0.1) is 0 Å². The van der Waals surface area contributed by atoms with Crippen LogP contribution in [0.1, 0.15) is 18.4 Å². The van der Waals surface area contributed by atoms with Gasteiger partial charge in [0, 0.05) is 30.3 Å². The zero-order chi connectivity index (χ0) is 13.2. The zero-order valence-corrected chi connectivity index (χ0v) is 11.4. The van der Waals surface area contributed by atoms with Gasteiger partial charge >= 0.3 is 0 Å². The number of ether oxygens (including phenoxy) is 2. The van der Waals surface area contributed by atoms with Crippen molar-refractivity contribution in [2.45, 2.75) is 24.9 Å². The van der Waals surface area contributed by atoms with E-state index in [4.69, 9.17) is 15.2 Å². The van der Waals surface area contributed by atoms with Gasteiger partial charge < -0.3 is 20.1 Å². The molecule has 1 aromatic rings. The Bertz CT molecular complexity index is 416. The highest BCUT2D eigenvalue weighted by Gasteiger charge is 2.38. The lowest BCUT2D eigenvalue weighted by Crippen LogP contribution is -2.36. The van der Waals surface area contributed by atoms with Crippen LogP contribution in [0.15, 0.2) is 18.2 Å². The van der Waals surface area contributed by atoms with Crippen molar-refractivity contribution in [3.05, 3.63) is 23.8 Å². The minimum absolute atomic E-state index is 0.0501. The summed E-state index contributed by atoms with van der Waals surface area (Å²) in [7, 11) is 5.44. The summed E-state index contributed by atoms with van der Waals surface area (Å²) in [6, 6.07) is 5.92. The normalized spacial score (nSPS) is 16.7. The highest BCUT2D eigenvalue weighted by molar-refractivity contribution is 5.40. The van der Waals surface area contributed by atoms with Crippen molar-refractivity contribution in [2.24, 2.45) is 5.73 Å². The van der Waals surface area contributed by atoms with Gasteiger partial charge in [-0.05, 0) is 26.0 Å². The molecule has 0 saturated heterocycles. The fourth-order valence-corrected chi connectivity index (χ4v) is 2.19. The molecular formula is C14H22N2O2. The van der Waals surface area contributed by atoms with Gasteiger partial charge in [0.25, 0.3) is 0 Å². The van der Waals surface area contributed by atoms with Crippen LogP contribution in [0.5, 0.6) is 11.5 Å². The monoisotopic (exact) mass is 250 g/mol. The average Bonchev–Trinajstić information content (AvgIpc) is 3.06. The van der Waals surface area contributed by atoms with E-state index in [1.165, 1.54) is 0 Å². The maximum atomic E-state index is 6.12. The number of rotatable bonds is 6. The van der Waals surface area contributed by atoms with Gasteiger partial charge in [0.1, 0.15) is 11.5 Å². The summed E-state index contributed by atoms with van der Waals surface area (Å²) in [4.78, 5) is 2.25. The molecular weight excluding hydrogens is 228 g/mol. The van der Waals surface area contributed by atoms with E-state index < -0.39 is 0 Å². The molecule has 1 aliphatic rings. The average molecular weight is 250 g/mol. The topological polar surface area (TPSA) is 47.7 Å². The minimum atomic E-state index is 0.0501. The first kappa shape index (κ1) is 13.2. The SMILES string of the molecule is COc1ccc(CN(C)CC2(N)CC2)c(OC)c1. The summed E-state index contributed by atoms with van der Waals surface area (Å²) < 4.78 is 10.6. The third-order valence-electron chi connectivity index (χ3n) is 3.41. The van der Waals surface area contributed by atoms with Crippen LogP contribution in [0.3, 0.4) is 0 Å². The molecule has 0 aromatic heterocycles. The Morgan fingerprint density at radius 3 is 2.56 bits per heavy atom. The van der Waals surface area contributed by atoms with Crippen LogP contribution < -0.4 is 15.2 Å². The second-order valence-corrected chi connectivity index (χ2v) is 5.21. The highest BCUT2D eigenvalue weighted by atomic mass is 16.5. The van der Waals surface area contributed by atoms with Crippen molar-refractivity contribution in [1.29, 1.82) is 0 Å². The molecule has 0 unspecified atom stereocenters. The molecule has 100 valence electrons. The summed E-state index contributed by atoms with van der Waals surface area (Å²) in [6.45, 7) is 1.77. The van der Waals surface area contributed by atoms with Gasteiger partial charge in [0.2, 0.25) is 0 Å². The van der Waals surface area contributed by atoms with Gasteiger partial charge in [-0.3, -0.25) is 0 Å². The summed E-state index contributed by atoms with van der Waals surface area (Å²) >= 11 is 0. The second-order valence-electron chi connectivity index (χ2n) is 5.21. The molecule has 0 amide bonds. The molecule has 1 aromatic carbocycles. The molecule has 0 spiro atoms. The number of nitrogens with zero attached hydrogens (tertiary/aromatic N) is 1. The van der Waals surface area contributed by atoms with E-state index in [1.54, 1.807) is 14.2 Å². The maximum Gasteiger partial charge on any atom is 0.127 e. The van der Waals surface area contributed by atoms with Gasteiger partial charge in [-0.2, -0.15) is 0 Å². The number of benzene rings is 1. The van der Waals surface area contributed by atoms with E-state index >= 15 is 0 Å². The van der Waals surface area contributed by atoms with Crippen molar-refractivity contribution in [2.75, 3.05) is 27.8 Å². The van der Waals surface area contributed by atoms with Gasteiger partial charge in [-0.15, -0.1) is 0 Å². The lowest BCUT2D eigenvalue weighted by Gasteiger charge is -2.22. The number of hydrogen-bond acceptors (Lipinski definition) is 4. The van der Waals surface area contributed by atoms with E-state index in [9.17, 15) is 0 Å². The Morgan fingerprint density at radius 2 is 2.00 bits per heavy atom. The fraction of sp³-hybridized carbons (Fsp3) is 0.571. The first-order valence-electron chi connectivity index (χ1n) is 6.25. The Kier molecular flexibility index (Phi) is 3.78. The zero-order valence-electron chi connectivity index (χ0n) is 11.4. The Labute approximate surface area is 109 Å². The summed E-state index contributed by atoms with van der Waals surface area (Å²) in [5.41, 5.74) is 7.33. The summed E-state index contributed by atoms with van der Waals surface area (Å²) in [5, 5.41) is 0. The largest absolute Gasteiger partial charge is 0.497 e.